The summed E-state index contributed by atoms with van der Waals surface area (Å²) in [7, 11) is 0. The van der Waals surface area contributed by atoms with Crippen molar-refractivity contribution in [3.05, 3.63) is 29.3 Å². The third-order valence-electron chi connectivity index (χ3n) is 3.28. The molecule has 0 aromatic heterocycles. The topological polar surface area (TPSA) is 49.7 Å². The standard InChI is InChI=1S/C12H10F3NO2/c13-12(14,15)9-6-8(2-3-10(9)18)11(16-7-17)4-1-5-11/h2-3,6,18H,1,4-5H2. The predicted octanol–water partition coefficient (Wildman–Crippen LogP) is 3.13. The van der Waals surface area contributed by atoms with Gasteiger partial charge >= 0.3 is 6.18 Å². The predicted molar refractivity (Wildman–Crippen MR) is 56.8 cm³/mol. The lowest BCUT2D eigenvalue weighted by Crippen LogP contribution is -2.32. The van der Waals surface area contributed by atoms with Crippen molar-refractivity contribution in [2.45, 2.75) is 31.0 Å². The van der Waals surface area contributed by atoms with E-state index in [1.807, 2.05) is 0 Å². The number of rotatable bonds is 2. The van der Waals surface area contributed by atoms with Crippen LogP contribution < -0.4 is 0 Å². The summed E-state index contributed by atoms with van der Waals surface area (Å²) in [6.07, 6.45) is -1.38. The molecule has 0 heterocycles. The Bertz CT molecular complexity index is 515. The zero-order valence-electron chi connectivity index (χ0n) is 9.29. The number of hydrogen-bond acceptors (Lipinski definition) is 3. The molecule has 0 aliphatic heterocycles. The number of phenolic OH excluding ortho intramolecular Hbond substituents is 1. The number of halogens is 3. The molecular formula is C12H10F3NO2. The van der Waals surface area contributed by atoms with Crippen LogP contribution in [-0.4, -0.2) is 11.2 Å². The molecule has 0 saturated heterocycles. The second-order valence-electron chi connectivity index (χ2n) is 4.32. The van der Waals surface area contributed by atoms with Gasteiger partial charge in [0.2, 0.25) is 6.08 Å². The van der Waals surface area contributed by atoms with Crippen LogP contribution in [0.1, 0.15) is 30.4 Å². The third-order valence-corrected chi connectivity index (χ3v) is 3.28. The van der Waals surface area contributed by atoms with E-state index in [4.69, 9.17) is 0 Å². The Morgan fingerprint density at radius 1 is 1.33 bits per heavy atom. The number of phenols is 1. The fraction of sp³-hybridized carbons (Fsp3) is 0.417. The first-order valence-corrected chi connectivity index (χ1v) is 5.39. The maximum absolute atomic E-state index is 12.7. The van der Waals surface area contributed by atoms with Gasteiger partial charge in [-0.15, -0.1) is 0 Å². The number of nitrogens with zero attached hydrogens (tertiary/aromatic N) is 1. The van der Waals surface area contributed by atoms with Crippen LogP contribution in [0, 0.1) is 0 Å². The largest absolute Gasteiger partial charge is 0.507 e. The van der Waals surface area contributed by atoms with Gasteiger partial charge in [-0.2, -0.15) is 18.2 Å². The molecule has 0 atom stereocenters. The minimum absolute atomic E-state index is 0.294. The molecule has 0 unspecified atom stereocenters. The molecule has 0 radical (unpaired) electrons. The van der Waals surface area contributed by atoms with Gasteiger partial charge in [0.1, 0.15) is 5.75 Å². The smallest absolute Gasteiger partial charge is 0.419 e. The van der Waals surface area contributed by atoms with Gasteiger partial charge in [-0.3, -0.25) is 0 Å². The lowest BCUT2D eigenvalue weighted by Gasteiger charge is -2.37. The Labute approximate surface area is 101 Å². The molecule has 1 aliphatic carbocycles. The average molecular weight is 257 g/mol. The van der Waals surface area contributed by atoms with Gasteiger partial charge in [0, 0.05) is 0 Å². The van der Waals surface area contributed by atoms with Crippen LogP contribution in [0.2, 0.25) is 0 Å². The summed E-state index contributed by atoms with van der Waals surface area (Å²) in [6, 6.07) is 3.21. The summed E-state index contributed by atoms with van der Waals surface area (Å²) in [4.78, 5) is 14.0. The molecule has 1 fully saturated rings. The highest BCUT2D eigenvalue weighted by Crippen LogP contribution is 2.47. The minimum atomic E-state index is -4.63. The first-order valence-electron chi connectivity index (χ1n) is 5.39. The number of aliphatic imine (C=N–C) groups is 1. The minimum Gasteiger partial charge on any atom is -0.507 e. The highest BCUT2D eigenvalue weighted by atomic mass is 19.4. The van der Waals surface area contributed by atoms with Gasteiger partial charge in [0.25, 0.3) is 0 Å². The summed E-state index contributed by atoms with van der Waals surface area (Å²) in [6.45, 7) is 0. The number of benzene rings is 1. The Balaban J connectivity index is 2.50. The van der Waals surface area contributed by atoms with Crippen LogP contribution in [0.3, 0.4) is 0 Å². The second-order valence-corrected chi connectivity index (χ2v) is 4.32. The van der Waals surface area contributed by atoms with Gasteiger partial charge in [0.15, 0.2) is 0 Å². The molecule has 18 heavy (non-hydrogen) atoms. The molecule has 1 saturated carbocycles. The lowest BCUT2D eigenvalue weighted by atomic mass is 9.72. The third kappa shape index (κ3) is 1.99. The van der Waals surface area contributed by atoms with Crippen molar-refractivity contribution in [2.75, 3.05) is 0 Å². The fourth-order valence-corrected chi connectivity index (χ4v) is 2.12. The highest BCUT2D eigenvalue weighted by molar-refractivity contribution is 5.44. The van der Waals surface area contributed by atoms with Crippen LogP contribution in [0.15, 0.2) is 23.2 Å². The Kier molecular flexibility index (Phi) is 2.91. The van der Waals surface area contributed by atoms with Crippen molar-refractivity contribution < 1.29 is 23.1 Å². The molecule has 1 N–H and O–H groups in total. The number of isocyanates is 1. The molecule has 3 nitrogen and oxygen atoms in total. The monoisotopic (exact) mass is 257 g/mol. The molecule has 0 amide bonds. The van der Waals surface area contributed by atoms with Gasteiger partial charge in [0.05, 0.1) is 11.1 Å². The second kappa shape index (κ2) is 4.14. The molecule has 0 spiro atoms. The molecular weight excluding hydrogens is 247 g/mol. The summed E-state index contributed by atoms with van der Waals surface area (Å²) in [5.41, 5.74) is -1.70. The zero-order valence-corrected chi connectivity index (χ0v) is 9.29. The van der Waals surface area contributed by atoms with Crippen LogP contribution in [-0.2, 0) is 16.5 Å². The normalized spacial score (nSPS) is 17.7. The number of hydrogen-bond donors (Lipinski definition) is 1. The summed E-state index contributed by atoms with van der Waals surface area (Å²) >= 11 is 0. The maximum atomic E-state index is 12.7. The van der Waals surface area contributed by atoms with E-state index in [0.29, 0.717) is 18.4 Å². The molecule has 96 valence electrons. The molecule has 0 bridgehead atoms. The molecule has 6 heteroatoms. The van der Waals surface area contributed by atoms with Crippen molar-refractivity contribution in [1.29, 1.82) is 0 Å². The number of aromatic hydroxyl groups is 1. The maximum Gasteiger partial charge on any atom is 0.419 e. The Morgan fingerprint density at radius 2 is 2.00 bits per heavy atom. The van der Waals surface area contributed by atoms with Crippen molar-refractivity contribution >= 4 is 6.08 Å². The summed E-state index contributed by atoms with van der Waals surface area (Å²) in [5.74, 6) is -0.823. The van der Waals surface area contributed by atoms with Crippen molar-refractivity contribution in [3.63, 3.8) is 0 Å². The van der Waals surface area contributed by atoms with Gasteiger partial charge in [-0.1, -0.05) is 6.07 Å². The van der Waals surface area contributed by atoms with Crippen LogP contribution in [0.5, 0.6) is 5.75 Å². The Hall–Kier alpha value is -1.81. The van der Waals surface area contributed by atoms with E-state index < -0.39 is 23.0 Å². The van der Waals surface area contributed by atoms with Crippen molar-refractivity contribution in [1.82, 2.24) is 0 Å². The van der Waals surface area contributed by atoms with Gasteiger partial charge in [-0.25, -0.2) is 4.79 Å². The number of carbonyl (C=O) groups excluding carboxylic acids is 1. The molecule has 1 aromatic rings. The van der Waals surface area contributed by atoms with E-state index >= 15 is 0 Å². The molecule has 1 aromatic carbocycles. The SMILES string of the molecule is O=C=NC1(c2ccc(O)c(C(F)(F)F)c2)CCC1. The number of alkyl halides is 3. The van der Waals surface area contributed by atoms with Crippen molar-refractivity contribution in [2.24, 2.45) is 4.99 Å². The van der Waals surface area contributed by atoms with Crippen molar-refractivity contribution in [3.8, 4) is 5.75 Å². The Morgan fingerprint density at radius 3 is 2.44 bits per heavy atom. The highest BCUT2D eigenvalue weighted by Gasteiger charge is 2.41. The van der Waals surface area contributed by atoms with E-state index in [2.05, 4.69) is 4.99 Å². The van der Waals surface area contributed by atoms with E-state index in [1.165, 1.54) is 12.1 Å². The van der Waals surface area contributed by atoms with E-state index in [1.54, 1.807) is 0 Å². The quantitative estimate of drug-likeness (QED) is 0.653. The summed E-state index contributed by atoms with van der Waals surface area (Å²) < 4.78 is 38.0. The molecule has 2 rings (SSSR count). The van der Waals surface area contributed by atoms with Gasteiger partial charge < -0.3 is 5.11 Å². The van der Waals surface area contributed by atoms with E-state index in [9.17, 15) is 23.1 Å². The zero-order chi connectivity index (χ0) is 13.4. The van der Waals surface area contributed by atoms with Crippen LogP contribution in [0.4, 0.5) is 13.2 Å². The fourth-order valence-electron chi connectivity index (χ4n) is 2.12. The van der Waals surface area contributed by atoms with E-state index in [-0.39, 0.29) is 0 Å². The lowest BCUT2D eigenvalue weighted by molar-refractivity contribution is -0.138. The first-order chi connectivity index (χ1) is 8.39. The van der Waals surface area contributed by atoms with E-state index in [0.717, 1.165) is 18.6 Å². The van der Waals surface area contributed by atoms with Gasteiger partial charge in [-0.05, 0) is 37.0 Å². The molecule has 1 aliphatic rings. The first kappa shape index (κ1) is 12.6. The van der Waals surface area contributed by atoms with Crippen LogP contribution >= 0.6 is 0 Å². The van der Waals surface area contributed by atoms with Crippen LogP contribution in [0.25, 0.3) is 0 Å². The summed E-state index contributed by atoms with van der Waals surface area (Å²) in [5, 5.41) is 9.23. The average Bonchev–Trinajstić information content (AvgIpc) is 2.23.